The Bertz CT molecular complexity index is 761. The minimum atomic E-state index is -3.64. The van der Waals surface area contributed by atoms with Crippen LogP contribution in [-0.2, 0) is 16.4 Å². The lowest BCUT2D eigenvalue weighted by atomic mass is 10.2. The first kappa shape index (κ1) is 17.3. The van der Waals surface area contributed by atoms with E-state index in [0.29, 0.717) is 23.6 Å². The molecule has 0 aliphatic rings. The van der Waals surface area contributed by atoms with Crippen LogP contribution in [0.1, 0.15) is 11.1 Å². The quantitative estimate of drug-likeness (QED) is 0.805. The maximum absolute atomic E-state index is 12.6. The summed E-state index contributed by atoms with van der Waals surface area (Å²) in [6, 6.07) is 12.7. The Balaban J connectivity index is 2.21. The molecular weight excluding hydrogens is 341 g/mol. The molecular formula is C16H17Cl2NO2S. The third kappa shape index (κ3) is 3.63. The number of sulfonamides is 1. The van der Waals surface area contributed by atoms with Crippen molar-refractivity contribution in [3.05, 3.63) is 63.6 Å². The molecule has 0 amide bonds. The average molecular weight is 358 g/mol. The van der Waals surface area contributed by atoms with Gasteiger partial charge in [0, 0.05) is 18.6 Å². The fourth-order valence-electron chi connectivity index (χ4n) is 2.06. The van der Waals surface area contributed by atoms with Crippen molar-refractivity contribution in [3.8, 4) is 0 Å². The predicted octanol–water partition coefficient (Wildman–Crippen LogP) is 4.17. The van der Waals surface area contributed by atoms with Crippen LogP contribution in [0, 0.1) is 6.92 Å². The molecule has 2 rings (SSSR count). The Labute approximate surface area is 141 Å². The van der Waals surface area contributed by atoms with Crippen LogP contribution in [-0.4, -0.2) is 26.3 Å². The molecule has 0 aliphatic carbocycles. The highest BCUT2D eigenvalue weighted by atomic mass is 35.5. The van der Waals surface area contributed by atoms with Crippen molar-refractivity contribution in [1.82, 2.24) is 4.31 Å². The lowest BCUT2D eigenvalue weighted by Gasteiger charge is -2.19. The molecule has 0 aromatic heterocycles. The van der Waals surface area contributed by atoms with Crippen molar-refractivity contribution >= 4 is 33.2 Å². The van der Waals surface area contributed by atoms with E-state index in [2.05, 4.69) is 0 Å². The maximum atomic E-state index is 12.6. The van der Waals surface area contributed by atoms with E-state index in [9.17, 15) is 8.42 Å². The van der Waals surface area contributed by atoms with Gasteiger partial charge in [0.05, 0.1) is 5.02 Å². The molecule has 3 nitrogen and oxygen atoms in total. The second-order valence-corrected chi connectivity index (χ2v) is 7.85. The maximum Gasteiger partial charge on any atom is 0.244 e. The molecule has 0 saturated carbocycles. The van der Waals surface area contributed by atoms with Crippen LogP contribution in [0.2, 0.25) is 10.0 Å². The van der Waals surface area contributed by atoms with Gasteiger partial charge in [-0.05, 0) is 36.6 Å². The molecule has 0 atom stereocenters. The fourth-order valence-corrected chi connectivity index (χ4v) is 4.01. The first-order chi connectivity index (χ1) is 10.3. The summed E-state index contributed by atoms with van der Waals surface area (Å²) >= 11 is 12.1. The predicted molar refractivity (Wildman–Crippen MR) is 91.2 cm³/mol. The highest BCUT2D eigenvalue weighted by Gasteiger charge is 2.24. The van der Waals surface area contributed by atoms with Gasteiger partial charge in [0.15, 0.2) is 0 Å². The van der Waals surface area contributed by atoms with Gasteiger partial charge in [-0.25, -0.2) is 12.7 Å². The zero-order valence-electron chi connectivity index (χ0n) is 12.4. The van der Waals surface area contributed by atoms with Crippen molar-refractivity contribution in [3.63, 3.8) is 0 Å². The number of nitrogens with zero attached hydrogens (tertiary/aromatic N) is 1. The van der Waals surface area contributed by atoms with Crippen LogP contribution < -0.4 is 0 Å². The Morgan fingerprint density at radius 3 is 2.32 bits per heavy atom. The van der Waals surface area contributed by atoms with Crippen LogP contribution in [0.3, 0.4) is 0 Å². The summed E-state index contributed by atoms with van der Waals surface area (Å²) in [6.07, 6.45) is 0.640. The van der Waals surface area contributed by atoms with Crippen molar-refractivity contribution in [2.45, 2.75) is 18.2 Å². The molecule has 0 N–H and O–H groups in total. The standard InChI is InChI=1S/C16H17Cl2NO2S/c1-12-14(17)8-9-15(16(12)18)22(20,21)19(2)11-10-13-6-4-3-5-7-13/h3-9H,10-11H2,1-2H3. The first-order valence-electron chi connectivity index (χ1n) is 6.79. The molecule has 0 saturated heterocycles. The van der Waals surface area contributed by atoms with Gasteiger partial charge in [-0.15, -0.1) is 0 Å². The second-order valence-electron chi connectivity index (χ2n) is 5.05. The summed E-state index contributed by atoms with van der Waals surface area (Å²) in [7, 11) is -2.08. The van der Waals surface area contributed by atoms with Gasteiger partial charge in [-0.1, -0.05) is 53.5 Å². The largest absolute Gasteiger partial charge is 0.244 e. The summed E-state index contributed by atoms with van der Waals surface area (Å²) in [5.41, 5.74) is 1.66. The number of hydrogen-bond donors (Lipinski definition) is 0. The number of benzene rings is 2. The minimum absolute atomic E-state index is 0.0895. The van der Waals surface area contributed by atoms with Crippen LogP contribution in [0.5, 0.6) is 0 Å². The molecule has 118 valence electrons. The smallest absolute Gasteiger partial charge is 0.207 e. The van der Waals surface area contributed by atoms with E-state index < -0.39 is 10.0 Å². The molecule has 0 aliphatic heterocycles. The van der Waals surface area contributed by atoms with Crippen molar-refractivity contribution < 1.29 is 8.42 Å². The summed E-state index contributed by atoms with van der Waals surface area (Å²) in [4.78, 5) is 0.0895. The second kappa shape index (κ2) is 7.01. The topological polar surface area (TPSA) is 37.4 Å². The molecule has 2 aromatic carbocycles. The van der Waals surface area contributed by atoms with E-state index in [1.54, 1.807) is 20.0 Å². The molecule has 22 heavy (non-hydrogen) atoms. The van der Waals surface area contributed by atoms with Gasteiger partial charge in [0.1, 0.15) is 4.90 Å². The number of hydrogen-bond acceptors (Lipinski definition) is 2. The molecule has 0 spiro atoms. The monoisotopic (exact) mass is 357 g/mol. The van der Waals surface area contributed by atoms with Crippen LogP contribution >= 0.6 is 23.2 Å². The van der Waals surface area contributed by atoms with E-state index in [1.807, 2.05) is 30.3 Å². The third-order valence-corrected chi connectivity index (χ3v) is 6.44. The van der Waals surface area contributed by atoms with E-state index in [4.69, 9.17) is 23.2 Å². The molecule has 0 radical (unpaired) electrons. The van der Waals surface area contributed by atoms with Crippen molar-refractivity contribution in [2.24, 2.45) is 0 Å². The highest BCUT2D eigenvalue weighted by molar-refractivity contribution is 7.89. The highest BCUT2D eigenvalue weighted by Crippen LogP contribution is 2.31. The normalized spacial score (nSPS) is 11.9. The summed E-state index contributed by atoms with van der Waals surface area (Å²) in [6.45, 7) is 2.08. The van der Waals surface area contributed by atoms with Gasteiger partial charge < -0.3 is 0 Å². The molecule has 0 unspecified atom stereocenters. The number of halogens is 2. The zero-order chi connectivity index (χ0) is 16.3. The van der Waals surface area contributed by atoms with Crippen molar-refractivity contribution in [2.75, 3.05) is 13.6 Å². The minimum Gasteiger partial charge on any atom is -0.207 e. The van der Waals surface area contributed by atoms with Gasteiger partial charge in [0.25, 0.3) is 0 Å². The van der Waals surface area contributed by atoms with Crippen LogP contribution in [0.15, 0.2) is 47.4 Å². The SMILES string of the molecule is Cc1c(Cl)ccc(S(=O)(=O)N(C)CCc2ccccc2)c1Cl. The van der Waals surface area contributed by atoms with Gasteiger partial charge >= 0.3 is 0 Å². The van der Waals surface area contributed by atoms with E-state index in [-0.39, 0.29) is 9.92 Å². The third-order valence-electron chi connectivity index (χ3n) is 3.53. The summed E-state index contributed by atoms with van der Waals surface area (Å²) in [5, 5.41) is 0.634. The van der Waals surface area contributed by atoms with Gasteiger partial charge in [-0.3, -0.25) is 0 Å². The molecule has 0 bridgehead atoms. The Kier molecular flexibility index (Phi) is 5.50. The Morgan fingerprint density at radius 1 is 1.05 bits per heavy atom. The number of rotatable bonds is 5. The summed E-state index contributed by atoms with van der Waals surface area (Å²) < 4.78 is 26.6. The first-order valence-corrected chi connectivity index (χ1v) is 8.98. The van der Waals surface area contributed by atoms with E-state index in [0.717, 1.165) is 5.56 Å². The lowest BCUT2D eigenvalue weighted by Crippen LogP contribution is -2.29. The van der Waals surface area contributed by atoms with Gasteiger partial charge in [0.2, 0.25) is 10.0 Å². The van der Waals surface area contributed by atoms with Crippen molar-refractivity contribution in [1.29, 1.82) is 0 Å². The molecule has 0 fully saturated rings. The van der Waals surface area contributed by atoms with E-state index in [1.165, 1.54) is 10.4 Å². The molecule has 2 aromatic rings. The number of likely N-dealkylation sites (N-methyl/N-ethyl adjacent to an activating group) is 1. The fraction of sp³-hybridized carbons (Fsp3) is 0.250. The summed E-state index contributed by atoms with van der Waals surface area (Å²) in [5.74, 6) is 0. The van der Waals surface area contributed by atoms with E-state index >= 15 is 0 Å². The van der Waals surface area contributed by atoms with Gasteiger partial charge in [-0.2, -0.15) is 0 Å². The molecule has 0 heterocycles. The average Bonchev–Trinajstić information content (AvgIpc) is 2.51. The Morgan fingerprint density at radius 2 is 1.68 bits per heavy atom. The molecule has 6 heteroatoms. The van der Waals surface area contributed by atoms with Crippen LogP contribution in [0.25, 0.3) is 0 Å². The van der Waals surface area contributed by atoms with Crippen LogP contribution in [0.4, 0.5) is 0 Å². The Hall–Kier alpha value is -1.07. The lowest BCUT2D eigenvalue weighted by molar-refractivity contribution is 0.472. The zero-order valence-corrected chi connectivity index (χ0v) is 14.7.